The third-order valence-electron chi connectivity index (χ3n) is 3.08. The van der Waals surface area contributed by atoms with Crippen LogP contribution >= 0.6 is 0 Å². The number of rotatable bonds is 5. The minimum absolute atomic E-state index is 0.0820. The number of hydrogen-bond donors (Lipinski definition) is 0. The van der Waals surface area contributed by atoms with Gasteiger partial charge in [-0.15, -0.1) is 0 Å². The average Bonchev–Trinajstić information content (AvgIpc) is 2.53. The molecule has 22 heavy (non-hydrogen) atoms. The number of likely N-dealkylation sites (N-methyl/N-ethyl adjacent to an activating group) is 1. The summed E-state index contributed by atoms with van der Waals surface area (Å²) < 4.78 is 17.9. The molecule has 0 spiro atoms. The molecule has 2 aromatic carbocycles. The van der Waals surface area contributed by atoms with Gasteiger partial charge in [0.15, 0.2) is 6.61 Å². The van der Waals surface area contributed by atoms with Crippen molar-refractivity contribution in [1.82, 2.24) is 4.90 Å². The van der Waals surface area contributed by atoms with Gasteiger partial charge >= 0.3 is 5.97 Å². The summed E-state index contributed by atoms with van der Waals surface area (Å²) in [5, 5.41) is 0. The summed E-state index contributed by atoms with van der Waals surface area (Å²) in [6.07, 6.45) is 0. The molecule has 0 N–H and O–H groups in total. The number of carbonyl (C=O) groups is 2. The second-order valence-electron chi connectivity index (χ2n) is 4.82. The Morgan fingerprint density at radius 2 is 1.82 bits per heavy atom. The number of hydrogen-bond acceptors (Lipinski definition) is 3. The lowest BCUT2D eigenvalue weighted by Gasteiger charge is -2.17. The van der Waals surface area contributed by atoms with Crippen molar-refractivity contribution in [2.45, 2.75) is 6.54 Å². The number of halogens is 1. The predicted octanol–water partition coefficient (Wildman–Crippen LogP) is 2.64. The maximum Gasteiger partial charge on any atom is 0.338 e. The number of carbonyl (C=O) groups excluding carboxylic acids is 2. The van der Waals surface area contributed by atoms with Crippen LogP contribution in [0.3, 0.4) is 0 Å². The van der Waals surface area contributed by atoms with Gasteiger partial charge in [0.25, 0.3) is 5.91 Å². The molecule has 0 saturated heterocycles. The van der Waals surface area contributed by atoms with Crippen LogP contribution in [0.25, 0.3) is 0 Å². The van der Waals surface area contributed by atoms with Crippen LogP contribution in [0.2, 0.25) is 0 Å². The van der Waals surface area contributed by atoms with E-state index in [1.165, 1.54) is 23.1 Å². The maximum atomic E-state index is 13.0. The van der Waals surface area contributed by atoms with Gasteiger partial charge in [-0.1, -0.05) is 36.4 Å². The summed E-state index contributed by atoms with van der Waals surface area (Å²) in [6, 6.07) is 14.6. The molecule has 0 unspecified atom stereocenters. The molecule has 0 bridgehead atoms. The molecule has 0 saturated carbocycles. The number of ether oxygens (including phenoxy) is 1. The third-order valence-corrected chi connectivity index (χ3v) is 3.08. The Kier molecular flexibility index (Phi) is 5.25. The van der Waals surface area contributed by atoms with Gasteiger partial charge in [-0.25, -0.2) is 9.18 Å². The van der Waals surface area contributed by atoms with E-state index < -0.39 is 11.8 Å². The normalized spacial score (nSPS) is 10.1. The van der Waals surface area contributed by atoms with Crippen molar-refractivity contribution in [2.24, 2.45) is 0 Å². The molecular formula is C17H16FNO3. The molecule has 5 heteroatoms. The highest BCUT2D eigenvalue weighted by Gasteiger charge is 2.14. The summed E-state index contributed by atoms with van der Waals surface area (Å²) in [5.41, 5.74) is 1.06. The van der Waals surface area contributed by atoms with Crippen LogP contribution in [0.15, 0.2) is 54.6 Å². The third kappa shape index (κ3) is 4.41. The van der Waals surface area contributed by atoms with Crippen molar-refractivity contribution in [3.63, 3.8) is 0 Å². The number of esters is 1. The Balaban J connectivity index is 1.85. The quantitative estimate of drug-likeness (QED) is 0.798. The second-order valence-corrected chi connectivity index (χ2v) is 4.82. The molecule has 0 aromatic heterocycles. The van der Waals surface area contributed by atoms with E-state index in [1.54, 1.807) is 7.05 Å². The van der Waals surface area contributed by atoms with Crippen LogP contribution < -0.4 is 0 Å². The summed E-state index contributed by atoms with van der Waals surface area (Å²) in [7, 11) is 1.63. The van der Waals surface area contributed by atoms with Gasteiger partial charge in [-0.05, 0) is 23.8 Å². The zero-order valence-corrected chi connectivity index (χ0v) is 12.2. The molecule has 0 radical (unpaired) electrons. The molecule has 2 aromatic rings. The lowest BCUT2D eigenvalue weighted by atomic mass is 10.2. The van der Waals surface area contributed by atoms with Crippen LogP contribution in [0.5, 0.6) is 0 Å². The van der Waals surface area contributed by atoms with Crippen molar-refractivity contribution in [2.75, 3.05) is 13.7 Å². The highest BCUT2D eigenvalue weighted by Crippen LogP contribution is 2.06. The van der Waals surface area contributed by atoms with Crippen molar-refractivity contribution < 1.29 is 18.7 Å². The lowest BCUT2D eigenvalue weighted by Crippen LogP contribution is -2.30. The lowest BCUT2D eigenvalue weighted by molar-refractivity contribution is -0.133. The molecule has 0 aliphatic heterocycles. The van der Waals surface area contributed by atoms with Gasteiger partial charge in [0, 0.05) is 13.6 Å². The molecule has 0 aliphatic rings. The monoisotopic (exact) mass is 301 g/mol. The second kappa shape index (κ2) is 7.36. The van der Waals surface area contributed by atoms with E-state index in [9.17, 15) is 14.0 Å². The molecule has 0 aliphatic carbocycles. The largest absolute Gasteiger partial charge is 0.452 e. The van der Waals surface area contributed by atoms with Crippen LogP contribution in [0.4, 0.5) is 4.39 Å². The molecule has 1 amide bonds. The van der Waals surface area contributed by atoms with Crippen molar-refractivity contribution in [1.29, 1.82) is 0 Å². The van der Waals surface area contributed by atoms with Gasteiger partial charge in [0.1, 0.15) is 5.82 Å². The Morgan fingerprint density at radius 1 is 1.09 bits per heavy atom. The first kappa shape index (κ1) is 15.7. The van der Waals surface area contributed by atoms with Crippen LogP contribution in [-0.2, 0) is 16.1 Å². The van der Waals surface area contributed by atoms with Crippen molar-refractivity contribution >= 4 is 11.9 Å². The summed E-state index contributed by atoms with van der Waals surface area (Å²) in [4.78, 5) is 25.1. The summed E-state index contributed by atoms with van der Waals surface area (Å²) >= 11 is 0. The minimum Gasteiger partial charge on any atom is -0.452 e. The molecule has 0 fully saturated rings. The Bertz CT molecular complexity index is 658. The molecule has 4 nitrogen and oxygen atoms in total. The van der Waals surface area contributed by atoms with Gasteiger partial charge in [-0.3, -0.25) is 4.79 Å². The zero-order chi connectivity index (χ0) is 15.9. The van der Waals surface area contributed by atoms with Crippen molar-refractivity contribution in [3.8, 4) is 0 Å². The smallest absolute Gasteiger partial charge is 0.338 e. The maximum absolute atomic E-state index is 13.0. The Hall–Kier alpha value is -2.69. The standard InChI is InChI=1S/C17H16FNO3/c1-19(11-13-6-3-2-4-7-13)16(20)12-22-17(21)14-8-5-9-15(18)10-14/h2-10H,11-12H2,1H3. The van der Waals surface area contributed by atoms with Gasteiger partial charge < -0.3 is 9.64 Å². The first-order valence-electron chi connectivity index (χ1n) is 6.77. The molecule has 114 valence electrons. The SMILES string of the molecule is CN(Cc1ccccc1)C(=O)COC(=O)c1cccc(F)c1. The van der Waals surface area contributed by atoms with E-state index in [2.05, 4.69) is 0 Å². The first-order valence-corrected chi connectivity index (χ1v) is 6.77. The van der Waals surface area contributed by atoms with Crippen LogP contribution in [-0.4, -0.2) is 30.4 Å². The van der Waals surface area contributed by atoms with E-state index in [-0.39, 0.29) is 18.1 Å². The average molecular weight is 301 g/mol. The summed E-state index contributed by atoms with van der Waals surface area (Å²) in [6.45, 7) is 0.0515. The van der Waals surface area contributed by atoms with Crippen LogP contribution in [0, 0.1) is 5.82 Å². The fourth-order valence-corrected chi connectivity index (χ4v) is 1.88. The van der Waals surface area contributed by atoms with E-state index >= 15 is 0 Å². The predicted molar refractivity (Wildman–Crippen MR) is 79.6 cm³/mol. The van der Waals surface area contributed by atoms with E-state index in [0.717, 1.165) is 11.6 Å². The van der Waals surface area contributed by atoms with Gasteiger partial charge in [0.2, 0.25) is 0 Å². The highest BCUT2D eigenvalue weighted by atomic mass is 19.1. The van der Waals surface area contributed by atoms with Gasteiger partial charge in [0.05, 0.1) is 5.56 Å². The fourth-order valence-electron chi connectivity index (χ4n) is 1.88. The van der Waals surface area contributed by atoms with Gasteiger partial charge in [-0.2, -0.15) is 0 Å². The Labute approximate surface area is 128 Å². The van der Waals surface area contributed by atoms with E-state index in [0.29, 0.717) is 6.54 Å². The van der Waals surface area contributed by atoms with E-state index in [1.807, 2.05) is 30.3 Å². The first-order chi connectivity index (χ1) is 10.6. The molecule has 0 heterocycles. The molecular weight excluding hydrogens is 285 g/mol. The minimum atomic E-state index is -0.721. The topological polar surface area (TPSA) is 46.6 Å². The number of benzene rings is 2. The number of amides is 1. The van der Waals surface area contributed by atoms with Crippen LogP contribution in [0.1, 0.15) is 15.9 Å². The zero-order valence-electron chi connectivity index (χ0n) is 12.2. The van der Waals surface area contributed by atoms with E-state index in [4.69, 9.17) is 4.74 Å². The number of nitrogens with zero attached hydrogens (tertiary/aromatic N) is 1. The summed E-state index contributed by atoms with van der Waals surface area (Å²) in [5.74, 6) is -1.57. The highest BCUT2D eigenvalue weighted by molar-refractivity contribution is 5.91. The van der Waals surface area contributed by atoms with Crippen molar-refractivity contribution in [3.05, 3.63) is 71.5 Å². The fraction of sp³-hybridized carbons (Fsp3) is 0.176. The molecule has 0 atom stereocenters. The Morgan fingerprint density at radius 3 is 2.50 bits per heavy atom. The molecule has 2 rings (SSSR count).